The maximum atomic E-state index is 11.2. The monoisotopic (exact) mass is 260 g/mol. The van der Waals surface area contributed by atoms with E-state index in [2.05, 4.69) is 9.88 Å². The van der Waals surface area contributed by atoms with E-state index in [1.165, 1.54) is 25.7 Å². The molecule has 102 valence electrons. The predicted molar refractivity (Wildman–Crippen MR) is 73.4 cm³/mol. The van der Waals surface area contributed by atoms with Gasteiger partial charge in [0, 0.05) is 19.8 Å². The van der Waals surface area contributed by atoms with Crippen molar-refractivity contribution in [1.82, 2.24) is 4.98 Å². The van der Waals surface area contributed by atoms with Crippen molar-refractivity contribution in [2.45, 2.75) is 25.7 Å². The molecule has 3 unspecified atom stereocenters. The molecule has 2 aliphatic rings. The van der Waals surface area contributed by atoms with E-state index in [1.807, 2.05) is 7.05 Å². The average molecular weight is 260 g/mol. The van der Waals surface area contributed by atoms with E-state index in [4.69, 9.17) is 0 Å². The maximum absolute atomic E-state index is 11.2. The fourth-order valence-corrected chi connectivity index (χ4v) is 3.92. The second-order valence-electron chi connectivity index (χ2n) is 6.01. The summed E-state index contributed by atoms with van der Waals surface area (Å²) < 4.78 is 0. The van der Waals surface area contributed by atoms with Gasteiger partial charge in [-0.25, -0.2) is 4.79 Å². The quantitative estimate of drug-likeness (QED) is 0.904. The zero-order valence-electron chi connectivity index (χ0n) is 11.2. The minimum Gasteiger partial charge on any atom is -0.478 e. The molecule has 0 amide bonds. The number of carboxylic acid groups (broad SMARTS) is 1. The first-order valence-electron chi connectivity index (χ1n) is 7.03. The lowest BCUT2D eigenvalue weighted by atomic mass is 9.88. The smallest absolute Gasteiger partial charge is 0.337 e. The van der Waals surface area contributed by atoms with Crippen molar-refractivity contribution in [3.05, 3.63) is 24.0 Å². The molecule has 0 aromatic carbocycles. The summed E-state index contributed by atoms with van der Waals surface area (Å²) in [6, 6.07) is 1.58. The van der Waals surface area contributed by atoms with E-state index >= 15 is 0 Å². The molecule has 0 radical (unpaired) electrons. The van der Waals surface area contributed by atoms with Crippen LogP contribution in [0, 0.1) is 17.8 Å². The second-order valence-corrected chi connectivity index (χ2v) is 6.01. The van der Waals surface area contributed by atoms with Crippen LogP contribution in [-0.2, 0) is 0 Å². The Balaban J connectivity index is 1.74. The van der Waals surface area contributed by atoms with Crippen LogP contribution in [0.15, 0.2) is 18.5 Å². The molecule has 1 heterocycles. The predicted octanol–water partition coefficient (Wildman–Crippen LogP) is 2.65. The highest BCUT2D eigenvalue weighted by Crippen LogP contribution is 2.48. The Bertz CT molecular complexity index is 489. The van der Waals surface area contributed by atoms with Gasteiger partial charge >= 0.3 is 5.97 Å². The van der Waals surface area contributed by atoms with E-state index in [9.17, 15) is 9.90 Å². The van der Waals surface area contributed by atoms with Crippen LogP contribution < -0.4 is 4.90 Å². The van der Waals surface area contributed by atoms with Gasteiger partial charge < -0.3 is 10.0 Å². The van der Waals surface area contributed by atoms with Crippen molar-refractivity contribution >= 4 is 11.7 Å². The molecule has 2 saturated carbocycles. The number of rotatable bonds is 4. The SMILES string of the molecule is CN(CC1CC2CCC1C2)c1cnccc1C(=O)O. The summed E-state index contributed by atoms with van der Waals surface area (Å²) in [5, 5.41) is 9.23. The first-order valence-corrected chi connectivity index (χ1v) is 7.03. The van der Waals surface area contributed by atoms with Gasteiger partial charge in [0.05, 0.1) is 17.4 Å². The molecule has 19 heavy (non-hydrogen) atoms. The molecule has 0 aliphatic heterocycles. The number of carboxylic acids is 1. The van der Waals surface area contributed by atoms with Crippen molar-refractivity contribution in [2.75, 3.05) is 18.5 Å². The van der Waals surface area contributed by atoms with Crippen LogP contribution in [0.4, 0.5) is 5.69 Å². The minimum absolute atomic E-state index is 0.348. The molecule has 1 aromatic heterocycles. The fourth-order valence-electron chi connectivity index (χ4n) is 3.92. The molecule has 3 atom stereocenters. The summed E-state index contributed by atoms with van der Waals surface area (Å²) in [5.74, 6) is 1.64. The third-order valence-electron chi connectivity index (χ3n) is 4.83. The summed E-state index contributed by atoms with van der Waals surface area (Å²) >= 11 is 0. The van der Waals surface area contributed by atoms with Gasteiger partial charge in [0.2, 0.25) is 0 Å². The van der Waals surface area contributed by atoms with Gasteiger partial charge in [0.15, 0.2) is 0 Å². The highest BCUT2D eigenvalue weighted by molar-refractivity contribution is 5.94. The maximum Gasteiger partial charge on any atom is 0.337 e. The topological polar surface area (TPSA) is 53.4 Å². The Morgan fingerprint density at radius 3 is 2.95 bits per heavy atom. The summed E-state index contributed by atoms with van der Waals surface area (Å²) in [4.78, 5) is 17.4. The molecular weight excluding hydrogens is 240 g/mol. The first-order chi connectivity index (χ1) is 9.15. The summed E-state index contributed by atoms with van der Waals surface area (Å²) in [7, 11) is 1.98. The van der Waals surface area contributed by atoms with Gasteiger partial charge in [-0.05, 0) is 43.1 Å². The minimum atomic E-state index is -0.878. The summed E-state index contributed by atoms with van der Waals surface area (Å²) in [6.07, 6.45) is 8.67. The van der Waals surface area contributed by atoms with Gasteiger partial charge in [0.1, 0.15) is 0 Å². The third kappa shape index (κ3) is 2.31. The summed E-state index contributed by atoms with van der Waals surface area (Å²) in [5.41, 5.74) is 1.08. The molecule has 3 rings (SSSR count). The molecular formula is C15H20N2O2. The molecule has 1 aromatic rings. The number of hydrogen-bond donors (Lipinski definition) is 1. The lowest BCUT2D eigenvalue weighted by Crippen LogP contribution is -2.29. The fraction of sp³-hybridized carbons (Fsp3) is 0.600. The number of hydrogen-bond acceptors (Lipinski definition) is 3. The Morgan fingerprint density at radius 1 is 1.47 bits per heavy atom. The summed E-state index contributed by atoms with van der Waals surface area (Å²) in [6.45, 7) is 0.952. The van der Waals surface area contributed by atoms with Gasteiger partial charge in [-0.2, -0.15) is 0 Å². The Morgan fingerprint density at radius 2 is 2.32 bits per heavy atom. The Kier molecular flexibility index (Phi) is 3.17. The lowest BCUT2D eigenvalue weighted by Gasteiger charge is -2.29. The molecule has 2 fully saturated rings. The molecule has 2 bridgehead atoms. The van der Waals surface area contributed by atoms with Crippen LogP contribution in [-0.4, -0.2) is 29.7 Å². The Hall–Kier alpha value is -1.58. The van der Waals surface area contributed by atoms with Crippen LogP contribution in [0.2, 0.25) is 0 Å². The zero-order chi connectivity index (χ0) is 13.4. The van der Waals surface area contributed by atoms with Crippen molar-refractivity contribution in [2.24, 2.45) is 17.8 Å². The zero-order valence-corrected chi connectivity index (χ0v) is 11.2. The van der Waals surface area contributed by atoms with Crippen LogP contribution in [0.3, 0.4) is 0 Å². The van der Waals surface area contributed by atoms with Crippen molar-refractivity contribution in [1.29, 1.82) is 0 Å². The van der Waals surface area contributed by atoms with Crippen molar-refractivity contribution < 1.29 is 9.90 Å². The van der Waals surface area contributed by atoms with Crippen molar-refractivity contribution in [3.63, 3.8) is 0 Å². The van der Waals surface area contributed by atoms with E-state index in [0.29, 0.717) is 5.56 Å². The number of aromatic nitrogens is 1. The second kappa shape index (κ2) is 4.83. The average Bonchev–Trinajstić information content (AvgIpc) is 3.01. The standard InChI is InChI=1S/C15H20N2O2/c1-17(9-12-7-10-2-3-11(12)6-10)14-8-16-5-4-13(14)15(18)19/h4-5,8,10-12H,2-3,6-7,9H2,1H3,(H,18,19). The van der Waals surface area contributed by atoms with E-state index in [1.54, 1.807) is 18.5 Å². The lowest BCUT2D eigenvalue weighted by molar-refractivity contribution is 0.0697. The number of fused-ring (bicyclic) bond motifs is 2. The normalized spacial score (nSPS) is 28.6. The van der Waals surface area contributed by atoms with Gasteiger partial charge in [-0.15, -0.1) is 0 Å². The van der Waals surface area contributed by atoms with Crippen LogP contribution in [0.25, 0.3) is 0 Å². The van der Waals surface area contributed by atoms with Crippen LogP contribution >= 0.6 is 0 Å². The number of carbonyl (C=O) groups is 1. The Labute approximate surface area is 113 Å². The molecule has 4 heteroatoms. The highest BCUT2D eigenvalue weighted by Gasteiger charge is 2.39. The van der Waals surface area contributed by atoms with Crippen LogP contribution in [0.5, 0.6) is 0 Å². The molecule has 2 aliphatic carbocycles. The van der Waals surface area contributed by atoms with Gasteiger partial charge in [0.25, 0.3) is 0 Å². The number of pyridine rings is 1. The number of aromatic carboxylic acids is 1. The van der Waals surface area contributed by atoms with Gasteiger partial charge in [-0.3, -0.25) is 4.98 Å². The first kappa shape index (κ1) is 12.5. The molecule has 4 nitrogen and oxygen atoms in total. The molecule has 0 spiro atoms. The van der Waals surface area contributed by atoms with E-state index < -0.39 is 5.97 Å². The van der Waals surface area contributed by atoms with Crippen LogP contribution in [0.1, 0.15) is 36.0 Å². The van der Waals surface area contributed by atoms with Gasteiger partial charge in [-0.1, -0.05) is 6.42 Å². The van der Waals surface area contributed by atoms with E-state index in [0.717, 1.165) is 30.0 Å². The number of nitrogens with zero attached hydrogens (tertiary/aromatic N) is 2. The molecule has 1 N–H and O–H groups in total. The highest BCUT2D eigenvalue weighted by atomic mass is 16.4. The number of anilines is 1. The van der Waals surface area contributed by atoms with Crippen molar-refractivity contribution in [3.8, 4) is 0 Å². The largest absolute Gasteiger partial charge is 0.478 e. The molecule has 0 saturated heterocycles. The third-order valence-corrected chi connectivity index (χ3v) is 4.83. The van der Waals surface area contributed by atoms with E-state index in [-0.39, 0.29) is 0 Å².